The number of benzene rings is 6. The molecule has 0 radical (unpaired) electrons. The van der Waals surface area contributed by atoms with Gasteiger partial charge in [-0.2, -0.15) is 26.3 Å². The van der Waals surface area contributed by atoms with Crippen molar-refractivity contribution in [3.05, 3.63) is 169 Å². The van der Waals surface area contributed by atoms with Crippen molar-refractivity contribution in [3.8, 4) is 43.9 Å². The lowest BCUT2D eigenvalue weighted by molar-refractivity contribution is -0.193. The van der Waals surface area contributed by atoms with Gasteiger partial charge in [0.15, 0.2) is 13.2 Å². The summed E-state index contributed by atoms with van der Waals surface area (Å²) in [6.45, 7) is 11.3. The first-order valence-electron chi connectivity index (χ1n) is 29.3. The van der Waals surface area contributed by atoms with Crippen LogP contribution in [0.5, 0.6) is 23.0 Å². The molecule has 0 fully saturated rings. The quantitative estimate of drug-likeness (QED) is 0.0190. The van der Waals surface area contributed by atoms with Crippen LogP contribution >= 0.6 is 22.7 Å². The van der Waals surface area contributed by atoms with Gasteiger partial charge in [-0.3, -0.25) is 4.79 Å². The molecular weight excluding hydrogens is 1270 g/mol. The summed E-state index contributed by atoms with van der Waals surface area (Å²) in [6.07, 6.45) is -6.18. The molecule has 0 saturated carbocycles. The van der Waals surface area contributed by atoms with E-state index in [1.54, 1.807) is 29.6 Å². The largest absolute Gasteiger partial charge is 0.490 e. The highest BCUT2D eigenvalue weighted by atomic mass is 32.1. The number of ether oxygens (including phenoxy) is 5. The Morgan fingerprint density at radius 1 is 0.532 bits per heavy atom. The van der Waals surface area contributed by atoms with Gasteiger partial charge in [0.05, 0.1) is 17.6 Å². The number of carbonyl (C=O) groups is 4. The number of esters is 1. The van der Waals surface area contributed by atoms with E-state index in [-0.39, 0.29) is 37.5 Å². The first-order chi connectivity index (χ1) is 44.5. The van der Waals surface area contributed by atoms with Gasteiger partial charge in [0, 0.05) is 77.6 Å². The molecule has 0 bridgehead atoms. The summed E-state index contributed by atoms with van der Waals surface area (Å²) in [5, 5.41) is 47.2. The fourth-order valence-electron chi connectivity index (χ4n) is 9.57. The van der Waals surface area contributed by atoms with Crippen molar-refractivity contribution in [2.75, 3.05) is 46.1 Å². The van der Waals surface area contributed by atoms with Crippen molar-refractivity contribution >= 4 is 88.5 Å². The third-order valence-corrected chi connectivity index (χ3v) is 16.2. The third-order valence-electron chi connectivity index (χ3n) is 13.9. The Hall–Kier alpha value is -9.18. The maximum Gasteiger partial charge on any atom is 0.490 e. The molecule has 6 aromatic carbocycles. The molecule has 18 nitrogen and oxygen atoms in total. The van der Waals surface area contributed by atoms with Gasteiger partial charge in [0.1, 0.15) is 48.4 Å². The molecule has 94 heavy (non-hydrogen) atoms. The molecule has 10 N–H and O–H groups in total. The van der Waals surface area contributed by atoms with Crippen molar-refractivity contribution in [2.24, 2.45) is 5.73 Å². The monoisotopic (exact) mass is 1340 g/mol. The molecular formula is C68H71F6N5O13S2. The number of amides is 1. The number of β-amino-alcohol motifs (C(OH)–C–C–N with tert-alkyl or cyclic N) is 2. The van der Waals surface area contributed by atoms with Gasteiger partial charge in [-0.15, -0.1) is 22.7 Å². The van der Waals surface area contributed by atoms with E-state index in [1.807, 2.05) is 103 Å². The number of aromatic nitrogens is 2. The van der Waals surface area contributed by atoms with E-state index in [1.165, 1.54) is 20.2 Å². The number of aromatic amines is 2. The molecule has 0 spiro atoms. The number of para-hydroxylation sites is 4. The summed E-state index contributed by atoms with van der Waals surface area (Å²) in [4.78, 5) is 49.5. The highest BCUT2D eigenvalue weighted by Crippen LogP contribution is 2.40. The van der Waals surface area contributed by atoms with Crippen LogP contribution in [-0.4, -0.2) is 136 Å². The number of carbonyl (C=O) groups excluding carboxylic acids is 2. The van der Waals surface area contributed by atoms with E-state index in [0.717, 1.165) is 71.7 Å². The number of thiophene rings is 2. The zero-order chi connectivity index (χ0) is 68.4. The maximum absolute atomic E-state index is 11.7. The lowest BCUT2D eigenvalue weighted by Crippen LogP contribution is -2.46. The van der Waals surface area contributed by atoms with Crippen LogP contribution < -0.4 is 35.3 Å². The van der Waals surface area contributed by atoms with Gasteiger partial charge in [-0.1, -0.05) is 84.9 Å². The number of halogens is 6. The highest BCUT2D eigenvalue weighted by Gasteiger charge is 2.39. The second kappa shape index (κ2) is 32.6. The van der Waals surface area contributed by atoms with Crippen LogP contribution in [0.15, 0.2) is 158 Å². The molecule has 0 saturated heterocycles. The molecule has 4 aromatic heterocycles. The van der Waals surface area contributed by atoms with E-state index in [2.05, 4.69) is 103 Å². The molecule has 10 rings (SSSR count). The Kier molecular flexibility index (Phi) is 25.0. The second-order valence-electron chi connectivity index (χ2n) is 22.5. The molecule has 500 valence electrons. The van der Waals surface area contributed by atoms with Crippen molar-refractivity contribution in [1.82, 2.24) is 20.6 Å². The molecule has 10 aromatic rings. The van der Waals surface area contributed by atoms with E-state index >= 15 is 0 Å². The smallest absolute Gasteiger partial charge is 0.490 e. The van der Waals surface area contributed by atoms with Crippen molar-refractivity contribution in [3.63, 3.8) is 0 Å². The lowest BCUT2D eigenvalue weighted by Gasteiger charge is -2.28. The number of alkyl halides is 6. The average molecular weight is 1340 g/mol. The number of aliphatic carboxylic acids is 2. The first kappa shape index (κ1) is 72.2. The van der Waals surface area contributed by atoms with Gasteiger partial charge in [0.25, 0.3) is 5.91 Å². The summed E-state index contributed by atoms with van der Waals surface area (Å²) in [7, 11) is 0. The van der Waals surface area contributed by atoms with Gasteiger partial charge in [-0.05, 0) is 130 Å². The molecule has 1 amide bonds. The molecule has 4 heterocycles. The average Bonchev–Trinajstić information content (AvgIpc) is 1.68. The molecule has 2 atom stereocenters. The number of primary amides is 1. The molecule has 0 aliphatic carbocycles. The Morgan fingerprint density at radius 2 is 0.904 bits per heavy atom. The summed E-state index contributed by atoms with van der Waals surface area (Å²) in [6, 6.07) is 48.5. The van der Waals surface area contributed by atoms with E-state index in [4.69, 9.17) is 49.2 Å². The lowest BCUT2D eigenvalue weighted by atomic mass is 9.94. The number of hydrogen-bond acceptors (Lipinski definition) is 15. The normalized spacial score (nSPS) is 12.4. The van der Waals surface area contributed by atoms with E-state index in [0.29, 0.717) is 37.6 Å². The van der Waals surface area contributed by atoms with E-state index < -0.39 is 48.4 Å². The second-order valence-corrected chi connectivity index (χ2v) is 24.7. The van der Waals surface area contributed by atoms with Crippen LogP contribution in [0, 0.1) is 0 Å². The summed E-state index contributed by atoms with van der Waals surface area (Å²) in [5.74, 6) is -3.71. The molecule has 0 aliphatic heterocycles. The number of aliphatic hydroxyl groups excluding tert-OH is 2. The Labute approximate surface area is 544 Å². The van der Waals surface area contributed by atoms with E-state index in [9.17, 15) is 46.1 Å². The first-order valence-corrected chi connectivity index (χ1v) is 30.9. The third kappa shape index (κ3) is 21.2. The van der Waals surface area contributed by atoms with Gasteiger partial charge in [-0.25, -0.2) is 14.4 Å². The van der Waals surface area contributed by atoms with Gasteiger partial charge >= 0.3 is 30.3 Å². The van der Waals surface area contributed by atoms with Crippen LogP contribution in [0.25, 0.3) is 62.9 Å². The zero-order valence-electron chi connectivity index (χ0n) is 51.7. The topological polar surface area (TPSA) is 277 Å². The van der Waals surface area contributed by atoms with Crippen LogP contribution in [0.2, 0.25) is 0 Å². The van der Waals surface area contributed by atoms with Crippen molar-refractivity contribution in [2.45, 2.75) is 83.1 Å². The van der Waals surface area contributed by atoms with Crippen molar-refractivity contribution < 1.29 is 89.6 Å². The zero-order valence-corrected chi connectivity index (χ0v) is 53.3. The number of H-pyrrole nitrogens is 2. The fourth-order valence-corrected chi connectivity index (χ4v) is 11.8. The SMILES string of the molecule is CC(C)(Cc1c[nH]c2c(OCC(N)=O)cccc12)NC[C@H](O)COc1ccccc1-c1cc2ccccc2s1.CCOC(=O)COc1cccc2c(CC(C)(C)NC[C@H](O)COc3ccccc3-c3cc4ccccc4s3)c[nH]c12.O=C(O)C(F)(F)F.O=C(O)C(F)(F)F. The molecule has 26 heteroatoms. The number of nitrogens with one attached hydrogen (secondary N) is 4. The Morgan fingerprint density at radius 3 is 1.29 bits per heavy atom. The number of carboxylic acids is 2. The maximum atomic E-state index is 11.7. The molecule has 0 aliphatic rings. The van der Waals surface area contributed by atoms with Crippen LogP contribution in [0.4, 0.5) is 26.3 Å². The Bertz CT molecular complexity index is 4070. The minimum Gasteiger partial charge on any atom is -0.490 e. The summed E-state index contributed by atoms with van der Waals surface area (Å²) >= 11 is 3.47. The Balaban J connectivity index is 0.000000221. The van der Waals surface area contributed by atoms with Crippen LogP contribution in [-0.2, 0) is 36.8 Å². The number of carboxylic acid groups (broad SMARTS) is 2. The predicted molar refractivity (Wildman–Crippen MR) is 350 cm³/mol. The number of aliphatic hydroxyl groups is 2. The fraction of sp³-hybridized carbons (Fsp3) is 0.294. The molecule has 0 unspecified atom stereocenters. The van der Waals surface area contributed by atoms with Gasteiger partial charge < -0.3 is 70.4 Å². The number of rotatable bonds is 25. The van der Waals surface area contributed by atoms with Crippen LogP contribution in [0.3, 0.4) is 0 Å². The number of hydrogen-bond donors (Lipinski definition) is 9. The predicted octanol–water partition coefficient (Wildman–Crippen LogP) is 12.9. The minimum absolute atomic E-state index is 0.136. The number of fused-ring (bicyclic) bond motifs is 4. The standard InChI is InChI=1S/C33H36N2O5S.C31H33N3O4S.2C2HF3O2/c1-4-38-31(37)21-40-28-14-9-12-25-23(18-34-32(25)28)17-33(2,3)35-19-24(36)20-39-27-13-7-6-11-26(27)30-16-22-10-5-8-15-29(22)41-30;1-31(2,15-21-16-33-30-23(21)10-7-12-26(30)38-19-29(32)36)34-17-22(35)18-37-25-11-5-4-9-24(25)28-14-20-8-3-6-13-27(20)39-28;2*3-2(4,5)1(6)7/h5-16,18,24,34-36H,4,17,19-21H2,1-3H3;3-14,16,22,33-35H,15,17-19H2,1-2H3,(H2,32,36);2*(H,6,7)/t24-;22-;;/m00../s1. The van der Waals surface area contributed by atoms with Crippen LogP contribution in [0.1, 0.15) is 45.7 Å². The van der Waals surface area contributed by atoms with Crippen molar-refractivity contribution in [1.29, 1.82) is 0 Å². The highest BCUT2D eigenvalue weighted by molar-refractivity contribution is 7.22. The number of nitrogens with two attached hydrogens (primary N) is 1. The summed E-state index contributed by atoms with van der Waals surface area (Å²) < 4.78 is 94.4. The van der Waals surface area contributed by atoms with Gasteiger partial charge in [0.2, 0.25) is 0 Å². The minimum atomic E-state index is -5.08. The summed E-state index contributed by atoms with van der Waals surface area (Å²) in [5.41, 5.74) is 10.6.